The van der Waals surface area contributed by atoms with Crippen LogP contribution in [0, 0.1) is 11.8 Å². The molecule has 3 rings (SSSR count). The molecular formula is C26H41NO4. The minimum Gasteiger partial charge on any atom is -0.443 e. The summed E-state index contributed by atoms with van der Waals surface area (Å²) in [6.45, 7) is 8.02. The van der Waals surface area contributed by atoms with Gasteiger partial charge in [0.25, 0.3) is 0 Å². The largest absolute Gasteiger partial charge is 0.443 e. The number of nitrogens with zero attached hydrogens (tertiary/aromatic N) is 1. The van der Waals surface area contributed by atoms with E-state index < -0.39 is 23.7 Å². The van der Waals surface area contributed by atoms with Crippen molar-refractivity contribution in [1.29, 1.82) is 0 Å². The van der Waals surface area contributed by atoms with Crippen LogP contribution in [0.5, 0.6) is 0 Å². The number of carbonyl (C=O) groups excluding carboxylic acids is 1. The first-order valence-corrected chi connectivity index (χ1v) is 12.1. The lowest BCUT2D eigenvalue weighted by atomic mass is 9.79. The molecule has 2 aliphatic rings. The van der Waals surface area contributed by atoms with Gasteiger partial charge in [-0.3, -0.25) is 0 Å². The third kappa shape index (κ3) is 6.23. The van der Waals surface area contributed by atoms with Gasteiger partial charge >= 0.3 is 6.09 Å². The van der Waals surface area contributed by atoms with Gasteiger partial charge in [0.05, 0.1) is 11.3 Å². The molecule has 1 N–H and O–H groups in total. The van der Waals surface area contributed by atoms with Crippen LogP contribution in [0.25, 0.3) is 0 Å². The summed E-state index contributed by atoms with van der Waals surface area (Å²) in [6.07, 6.45) is 9.58. The van der Waals surface area contributed by atoms with Crippen molar-refractivity contribution in [2.24, 2.45) is 11.8 Å². The summed E-state index contributed by atoms with van der Waals surface area (Å²) < 4.78 is 12.2. The number of amides is 1. The van der Waals surface area contributed by atoms with Crippen LogP contribution in [0.4, 0.5) is 10.5 Å². The van der Waals surface area contributed by atoms with Crippen molar-refractivity contribution >= 4 is 11.8 Å². The maximum absolute atomic E-state index is 13.4. The van der Waals surface area contributed by atoms with Crippen LogP contribution >= 0.6 is 0 Å². The molecular weight excluding hydrogens is 390 g/mol. The van der Waals surface area contributed by atoms with Crippen molar-refractivity contribution in [2.45, 2.75) is 110 Å². The Kier molecular flexibility index (Phi) is 8.03. The molecule has 0 radical (unpaired) electrons. The number of hydrogen-bond donors (Lipinski definition) is 1. The van der Waals surface area contributed by atoms with Gasteiger partial charge in [0, 0.05) is 0 Å². The lowest BCUT2D eigenvalue weighted by molar-refractivity contribution is -0.193. The summed E-state index contributed by atoms with van der Waals surface area (Å²) in [6, 6.07) is 9.18. The Bertz CT molecular complexity index is 691. The Morgan fingerprint density at radius 1 is 0.871 bits per heavy atom. The molecule has 5 nitrogen and oxygen atoms in total. The summed E-state index contributed by atoms with van der Waals surface area (Å²) in [4.78, 5) is 14.6. The third-order valence-corrected chi connectivity index (χ3v) is 7.39. The van der Waals surface area contributed by atoms with E-state index in [1.165, 1.54) is 43.4 Å². The van der Waals surface area contributed by atoms with E-state index in [0.717, 1.165) is 25.7 Å². The Labute approximate surface area is 188 Å². The molecule has 1 amide bonds. The summed E-state index contributed by atoms with van der Waals surface area (Å²) >= 11 is 0. The van der Waals surface area contributed by atoms with Crippen LogP contribution in [-0.2, 0) is 9.47 Å². The van der Waals surface area contributed by atoms with Crippen molar-refractivity contribution in [2.75, 3.05) is 4.90 Å². The lowest BCUT2D eigenvalue weighted by Gasteiger charge is -2.42. The highest BCUT2D eigenvalue weighted by Crippen LogP contribution is 2.38. The quantitative estimate of drug-likeness (QED) is 0.492. The predicted molar refractivity (Wildman–Crippen MR) is 124 cm³/mol. The molecule has 0 saturated heterocycles. The van der Waals surface area contributed by atoms with E-state index in [-0.39, 0.29) is 0 Å². The Balaban J connectivity index is 1.76. The highest BCUT2D eigenvalue weighted by atomic mass is 16.7. The SMILES string of the molecule is CC(C)(OC(=O)N(c1ccccc1)C(O)OC(C)(C)C1CCCCC1)C1CCCCC1. The average molecular weight is 432 g/mol. The third-order valence-electron chi connectivity index (χ3n) is 7.39. The number of anilines is 1. The van der Waals surface area contributed by atoms with Gasteiger partial charge in [-0.05, 0) is 77.3 Å². The zero-order chi connectivity index (χ0) is 22.5. The predicted octanol–water partition coefficient (Wildman–Crippen LogP) is 6.64. The van der Waals surface area contributed by atoms with Crippen LogP contribution in [0.1, 0.15) is 91.9 Å². The Morgan fingerprint density at radius 3 is 1.87 bits per heavy atom. The zero-order valence-electron chi connectivity index (χ0n) is 19.8. The number of benzene rings is 1. The molecule has 2 saturated carbocycles. The standard InChI is InChI=1S/C26H41NO4/c1-25(2,20-14-8-5-9-15-20)30-23(28)27(22-18-12-7-13-19-22)24(29)31-26(3,4)21-16-10-6-11-17-21/h7,12-13,18-21,23,28H,5-6,8-11,14-17H2,1-4H3. The number of hydrogen-bond acceptors (Lipinski definition) is 4. The van der Waals surface area contributed by atoms with Gasteiger partial charge < -0.3 is 14.6 Å². The molecule has 1 unspecified atom stereocenters. The van der Waals surface area contributed by atoms with Crippen LogP contribution < -0.4 is 4.90 Å². The molecule has 1 aromatic rings. The van der Waals surface area contributed by atoms with E-state index in [4.69, 9.17) is 9.47 Å². The molecule has 0 aromatic heterocycles. The Morgan fingerprint density at radius 2 is 1.35 bits per heavy atom. The van der Waals surface area contributed by atoms with E-state index in [1.54, 1.807) is 12.1 Å². The molecule has 0 spiro atoms. The fourth-order valence-corrected chi connectivity index (χ4v) is 5.29. The minimum atomic E-state index is -1.41. The van der Waals surface area contributed by atoms with Crippen LogP contribution in [-0.4, -0.2) is 28.8 Å². The van der Waals surface area contributed by atoms with E-state index >= 15 is 0 Å². The fraction of sp³-hybridized carbons (Fsp3) is 0.731. The number of para-hydroxylation sites is 1. The second-order valence-corrected chi connectivity index (χ2v) is 10.4. The van der Waals surface area contributed by atoms with E-state index in [2.05, 4.69) is 0 Å². The maximum atomic E-state index is 13.4. The first-order chi connectivity index (χ1) is 14.7. The molecule has 0 bridgehead atoms. The van der Waals surface area contributed by atoms with E-state index in [0.29, 0.717) is 17.5 Å². The molecule has 0 aliphatic heterocycles. The smallest absolute Gasteiger partial charge is 0.418 e. The average Bonchev–Trinajstić information content (AvgIpc) is 2.75. The number of rotatable bonds is 7. The van der Waals surface area contributed by atoms with Crippen LogP contribution in [0.2, 0.25) is 0 Å². The van der Waals surface area contributed by atoms with E-state index in [1.807, 2.05) is 45.9 Å². The normalized spacial score (nSPS) is 20.3. The van der Waals surface area contributed by atoms with Crippen molar-refractivity contribution < 1.29 is 19.4 Å². The number of ether oxygens (including phenoxy) is 2. The summed E-state index contributed by atoms with van der Waals surface area (Å²) in [5.74, 6) is 0.697. The van der Waals surface area contributed by atoms with Crippen molar-refractivity contribution in [1.82, 2.24) is 0 Å². The van der Waals surface area contributed by atoms with Crippen molar-refractivity contribution in [3.05, 3.63) is 30.3 Å². The van der Waals surface area contributed by atoms with Crippen molar-refractivity contribution in [3.8, 4) is 0 Å². The molecule has 31 heavy (non-hydrogen) atoms. The first kappa shape index (κ1) is 24.1. The van der Waals surface area contributed by atoms with Crippen molar-refractivity contribution in [3.63, 3.8) is 0 Å². The summed E-state index contributed by atoms with van der Waals surface area (Å²) in [5, 5.41) is 11.1. The number of carbonyl (C=O) groups is 1. The second-order valence-electron chi connectivity index (χ2n) is 10.4. The molecule has 5 heteroatoms. The minimum absolute atomic E-state index is 0.333. The molecule has 1 atom stereocenters. The van der Waals surface area contributed by atoms with Gasteiger partial charge in [-0.2, -0.15) is 0 Å². The van der Waals surface area contributed by atoms with Gasteiger partial charge in [-0.1, -0.05) is 56.7 Å². The molecule has 2 aliphatic carbocycles. The monoisotopic (exact) mass is 431 g/mol. The highest BCUT2D eigenvalue weighted by molar-refractivity contribution is 5.88. The van der Waals surface area contributed by atoms with E-state index in [9.17, 15) is 9.90 Å². The number of aliphatic hydroxyl groups excluding tert-OH is 1. The van der Waals surface area contributed by atoms with Gasteiger partial charge in [0.2, 0.25) is 6.41 Å². The summed E-state index contributed by atoms with van der Waals surface area (Å²) in [5.41, 5.74) is -0.561. The van der Waals surface area contributed by atoms with Gasteiger partial charge in [-0.25, -0.2) is 9.69 Å². The fourth-order valence-electron chi connectivity index (χ4n) is 5.29. The lowest BCUT2D eigenvalue weighted by Crippen LogP contribution is -2.51. The van der Waals surface area contributed by atoms with Gasteiger partial charge in [-0.15, -0.1) is 0 Å². The van der Waals surface area contributed by atoms with Gasteiger partial charge in [0.15, 0.2) is 0 Å². The number of aliphatic hydroxyl groups is 1. The molecule has 0 heterocycles. The highest BCUT2D eigenvalue weighted by Gasteiger charge is 2.40. The Hall–Kier alpha value is -1.59. The zero-order valence-corrected chi connectivity index (χ0v) is 19.8. The van der Waals surface area contributed by atoms with Crippen LogP contribution in [0.3, 0.4) is 0 Å². The maximum Gasteiger partial charge on any atom is 0.418 e. The summed E-state index contributed by atoms with van der Waals surface area (Å²) in [7, 11) is 0. The van der Waals surface area contributed by atoms with Crippen LogP contribution in [0.15, 0.2) is 30.3 Å². The van der Waals surface area contributed by atoms with Gasteiger partial charge in [0.1, 0.15) is 5.60 Å². The molecule has 2 fully saturated rings. The molecule has 1 aromatic carbocycles. The molecule has 174 valence electrons. The first-order valence-electron chi connectivity index (χ1n) is 12.1. The second kappa shape index (κ2) is 10.4. The topological polar surface area (TPSA) is 59.0 Å².